The SMILES string of the molecule is CC/C(=[CH]\[Sn]([CH3])([CH3])[CH3])B1C2CCCC1CCC2. The van der Waals surface area contributed by atoms with E-state index in [1.54, 1.807) is 0 Å². The van der Waals surface area contributed by atoms with Gasteiger partial charge in [0, 0.05) is 0 Å². The molecule has 2 aliphatic heterocycles. The maximum atomic E-state index is 2.80. The Bertz CT molecular complexity index is 268. The second-order valence-corrected chi connectivity index (χ2v) is 21.7. The van der Waals surface area contributed by atoms with Gasteiger partial charge in [-0.05, 0) is 0 Å². The number of rotatable bonds is 3. The molecule has 0 spiro atoms. The van der Waals surface area contributed by atoms with Crippen LogP contribution in [0.3, 0.4) is 0 Å². The Balaban J connectivity index is 2.21. The predicted octanol–water partition coefficient (Wildman–Crippen LogP) is 5.34. The normalized spacial score (nSPS) is 30.6. The summed E-state index contributed by atoms with van der Waals surface area (Å²) in [6.07, 6.45) is 10.5. The minimum atomic E-state index is -1.75. The Hall–Kier alpha value is 0.604. The summed E-state index contributed by atoms with van der Waals surface area (Å²) in [5.41, 5.74) is 1.88. The van der Waals surface area contributed by atoms with Crippen LogP contribution in [0.2, 0.25) is 26.5 Å². The second kappa shape index (κ2) is 5.71. The van der Waals surface area contributed by atoms with Crippen LogP contribution in [0.25, 0.3) is 0 Å². The van der Waals surface area contributed by atoms with E-state index < -0.39 is 18.4 Å². The first-order valence-corrected chi connectivity index (χ1v) is 17.9. The molecule has 2 saturated heterocycles. The quantitative estimate of drug-likeness (QED) is 0.609. The van der Waals surface area contributed by atoms with Crippen LogP contribution < -0.4 is 0 Å². The molecule has 17 heavy (non-hydrogen) atoms. The van der Waals surface area contributed by atoms with Crippen molar-refractivity contribution < 1.29 is 0 Å². The predicted molar refractivity (Wildman–Crippen MR) is 82.7 cm³/mol. The first-order valence-electron chi connectivity index (χ1n) is 7.73. The van der Waals surface area contributed by atoms with Gasteiger partial charge in [-0.25, -0.2) is 0 Å². The van der Waals surface area contributed by atoms with Crippen LogP contribution in [-0.4, -0.2) is 25.1 Å². The van der Waals surface area contributed by atoms with Crippen LogP contribution in [0.15, 0.2) is 9.56 Å². The molecule has 2 rings (SSSR count). The number of fused-ring (bicyclic) bond motifs is 2. The monoisotopic (exact) mass is 340 g/mol. The molecule has 0 saturated carbocycles. The zero-order chi connectivity index (χ0) is 12.5. The van der Waals surface area contributed by atoms with E-state index in [-0.39, 0.29) is 0 Å². The van der Waals surface area contributed by atoms with Gasteiger partial charge in [-0.3, -0.25) is 0 Å². The Labute approximate surface area is 113 Å². The maximum absolute atomic E-state index is 2.80. The van der Waals surface area contributed by atoms with Crippen LogP contribution in [0.4, 0.5) is 0 Å². The molecule has 0 atom stereocenters. The van der Waals surface area contributed by atoms with E-state index in [0.717, 1.165) is 18.3 Å². The average Bonchev–Trinajstić information content (AvgIpc) is 2.23. The van der Waals surface area contributed by atoms with Gasteiger partial charge in [0.25, 0.3) is 0 Å². The fourth-order valence-electron chi connectivity index (χ4n) is 4.27. The fraction of sp³-hybridized carbons (Fsp3) is 0.867. The zero-order valence-electron chi connectivity index (χ0n) is 12.3. The van der Waals surface area contributed by atoms with Crippen molar-refractivity contribution >= 4 is 25.1 Å². The second-order valence-electron chi connectivity index (χ2n) is 7.35. The number of hydrogen-bond donors (Lipinski definition) is 0. The van der Waals surface area contributed by atoms with Crippen molar-refractivity contribution in [2.75, 3.05) is 0 Å². The molecule has 2 fully saturated rings. The summed E-state index contributed by atoms with van der Waals surface area (Å²) in [6, 6.07) is 0. The van der Waals surface area contributed by atoms with Gasteiger partial charge in [0.05, 0.1) is 0 Å². The van der Waals surface area contributed by atoms with Crippen molar-refractivity contribution in [3.63, 3.8) is 0 Å². The molecule has 2 heteroatoms. The van der Waals surface area contributed by atoms with Crippen LogP contribution in [0, 0.1) is 0 Å². The van der Waals surface area contributed by atoms with Crippen LogP contribution >= 0.6 is 0 Å². The van der Waals surface area contributed by atoms with Gasteiger partial charge in [0.15, 0.2) is 0 Å². The van der Waals surface area contributed by atoms with Crippen LogP contribution in [0.5, 0.6) is 0 Å². The van der Waals surface area contributed by atoms with Crippen molar-refractivity contribution in [2.45, 2.75) is 78.3 Å². The van der Waals surface area contributed by atoms with Gasteiger partial charge < -0.3 is 0 Å². The standard InChI is InChI=1S/C12H20B.3CH3.Sn/c1-3-10(2)13-11-6-4-7-12(13)9-5-8-11;;;;/h2,11-12H,3-9H2,1H3;3*1H3;. The fourth-order valence-corrected chi connectivity index (χ4v) is 8.58. The topological polar surface area (TPSA) is 0 Å². The molecule has 0 unspecified atom stereocenters. The van der Waals surface area contributed by atoms with E-state index in [1.165, 1.54) is 44.9 Å². The molecule has 2 heterocycles. The average molecular weight is 339 g/mol. The minimum absolute atomic E-state index is 0.999. The summed E-state index contributed by atoms with van der Waals surface area (Å²) < 4.78 is 2.80. The molecule has 0 radical (unpaired) electrons. The van der Waals surface area contributed by atoms with Gasteiger partial charge in [-0.2, -0.15) is 0 Å². The summed E-state index contributed by atoms with van der Waals surface area (Å²) in [5, 5.41) is 0. The van der Waals surface area contributed by atoms with E-state index >= 15 is 0 Å². The molecule has 0 aromatic carbocycles. The summed E-state index contributed by atoms with van der Waals surface area (Å²) in [5.74, 6) is 2.12. The molecule has 0 amide bonds. The van der Waals surface area contributed by atoms with E-state index in [9.17, 15) is 0 Å². The van der Waals surface area contributed by atoms with Gasteiger partial charge in [0.1, 0.15) is 0 Å². The Morgan fingerprint density at radius 2 is 1.53 bits per heavy atom. The van der Waals surface area contributed by atoms with Gasteiger partial charge in [-0.1, -0.05) is 0 Å². The molecular formula is C15H29BSn. The van der Waals surface area contributed by atoms with Crippen molar-refractivity contribution in [3.05, 3.63) is 9.56 Å². The summed E-state index contributed by atoms with van der Waals surface area (Å²) in [4.78, 5) is 7.68. The van der Waals surface area contributed by atoms with Crippen molar-refractivity contribution in [2.24, 2.45) is 0 Å². The molecule has 2 aliphatic rings. The third-order valence-electron chi connectivity index (χ3n) is 4.77. The van der Waals surface area contributed by atoms with E-state index in [2.05, 4.69) is 25.8 Å². The Kier molecular flexibility index (Phi) is 4.71. The van der Waals surface area contributed by atoms with Crippen LogP contribution in [0.1, 0.15) is 51.9 Å². The molecular weight excluding hydrogens is 310 g/mol. The number of allylic oxidation sites excluding steroid dienone is 1. The summed E-state index contributed by atoms with van der Waals surface area (Å²) in [6.45, 7) is 3.40. The molecule has 0 N–H and O–H groups in total. The van der Waals surface area contributed by atoms with Crippen LogP contribution in [-0.2, 0) is 0 Å². The van der Waals surface area contributed by atoms with Gasteiger partial charge in [0.2, 0.25) is 0 Å². The van der Waals surface area contributed by atoms with E-state index in [0.29, 0.717) is 0 Å². The van der Waals surface area contributed by atoms with E-state index in [4.69, 9.17) is 0 Å². The number of hydrogen-bond acceptors (Lipinski definition) is 0. The molecule has 96 valence electrons. The first-order chi connectivity index (χ1) is 8.01. The molecule has 0 nitrogen and oxygen atoms in total. The summed E-state index contributed by atoms with van der Waals surface area (Å²) in [7, 11) is 0. The van der Waals surface area contributed by atoms with E-state index in [1.807, 2.05) is 5.47 Å². The summed E-state index contributed by atoms with van der Waals surface area (Å²) >= 11 is -1.75. The van der Waals surface area contributed by atoms with Crippen molar-refractivity contribution in [1.82, 2.24) is 0 Å². The molecule has 2 bridgehead atoms. The van der Waals surface area contributed by atoms with Gasteiger partial charge >= 0.3 is 113 Å². The first kappa shape index (κ1) is 14.0. The Morgan fingerprint density at radius 1 is 1.06 bits per heavy atom. The zero-order valence-corrected chi connectivity index (χ0v) is 15.1. The van der Waals surface area contributed by atoms with Gasteiger partial charge in [-0.15, -0.1) is 0 Å². The Morgan fingerprint density at radius 3 is 1.88 bits per heavy atom. The third-order valence-corrected chi connectivity index (χ3v) is 8.30. The molecule has 0 aliphatic carbocycles. The van der Waals surface area contributed by atoms with Crippen molar-refractivity contribution in [1.29, 1.82) is 0 Å². The van der Waals surface area contributed by atoms with Crippen molar-refractivity contribution in [3.8, 4) is 0 Å². The molecule has 0 aromatic heterocycles. The third kappa shape index (κ3) is 3.55. The molecule has 0 aromatic rings.